The van der Waals surface area contributed by atoms with E-state index < -0.39 is 33.7 Å². The minimum absolute atomic E-state index is 0.126. The van der Waals surface area contributed by atoms with Gasteiger partial charge in [0.15, 0.2) is 15.5 Å². The van der Waals surface area contributed by atoms with Crippen molar-refractivity contribution in [3.63, 3.8) is 0 Å². The molecule has 1 atom stereocenters. The van der Waals surface area contributed by atoms with Gasteiger partial charge in [-0.3, -0.25) is 14.4 Å². The molecule has 0 aliphatic rings. The Labute approximate surface area is 101 Å². The number of carboxylic acids is 2. The summed E-state index contributed by atoms with van der Waals surface area (Å²) in [7, 11) is -1.49. The third-order valence-electron chi connectivity index (χ3n) is 2.04. The molecular weight excluding hydrogens is 244 g/mol. The molecule has 17 heavy (non-hydrogen) atoms. The number of rotatable bonds is 9. The Morgan fingerprint density at radius 2 is 1.94 bits per heavy atom. The van der Waals surface area contributed by atoms with E-state index in [0.29, 0.717) is 5.57 Å². The highest BCUT2D eigenvalue weighted by atomic mass is 28.2. The number of Topliss-reactive ketones (excluding diaryl/α,β-unsaturated/α-hetero) is 1. The monoisotopic (exact) mass is 260 g/mol. The average molecular weight is 260 g/mol. The lowest BCUT2D eigenvalue weighted by molar-refractivity contribution is -0.143. The van der Waals surface area contributed by atoms with E-state index in [0.717, 1.165) is 0 Å². The molecule has 0 aromatic carbocycles. The van der Waals surface area contributed by atoms with Crippen molar-refractivity contribution in [2.75, 3.05) is 6.61 Å². The van der Waals surface area contributed by atoms with Gasteiger partial charge >= 0.3 is 11.9 Å². The first kappa shape index (κ1) is 15.5. The van der Waals surface area contributed by atoms with Crippen LogP contribution in [0.5, 0.6) is 0 Å². The SMILES string of the molecule is C=C(C)C(=O)CCO[SiH2]C(CC(=O)O)C(=O)O. The number of hydrogen-bond acceptors (Lipinski definition) is 4. The Kier molecular flexibility index (Phi) is 7.07. The number of allylic oxidation sites excluding steroid dienone is 1. The maximum Gasteiger partial charge on any atom is 0.306 e. The highest BCUT2D eigenvalue weighted by Crippen LogP contribution is 2.10. The molecule has 1 unspecified atom stereocenters. The normalized spacial score (nSPS) is 12.5. The summed E-state index contributed by atoms with van der Waals surface area (Å²) in [4.78, 5) is 32.2. The molecule has 0 saturated carbocycles. The van der Waals surface area contributed by atoms with E-state index in [-0.39, 0.29) is 18.8 Å². The summed E-state index contributed by atoms with van der Waals surface area (Å²) in [5.41, 5.74) is -0.525. The predicted molar refractivity (Wildman–Crippen MR) is 62.6 cm³/mol. The van der Waals surface area contributed by atoms with E-state index >= 15 is 0 Å². The summed E-state index contributed by atoms with van der Waals surface area (Å²) < 4.78 is 5.11. The first-order valence-corrected chi connectivity index (χ1v) is 6.45. The molecule has 6 nitrogen and oxygen atoms in total. The van der Waals surface area contributed by atoms with E-state index in [1.165, 1.54) is 0 Å². The minimum atomic E-state index is -1.49. The van der Waals surface area contributed by atoms with Gasteiger partial charge in [-0.25, -0.2) is 0 Å². The van der Waals surface area contributed by atoms with Crippen molar-refractivity contribution in [2.24, 2.45) is 0 Å². The lowest BCUT2D eigenvalue weighted by Gasteiger charge is -2.09. The van der Waals surface area contributed by atoms with Crippen molar-refractivity contribution in [1.82, 2.24) is 0 Å². The van der Waals surface area contributed by atoms with Crippen LogP contribution in [0.4, 0.5) is 0 Å². The van der Waals surface area contributed by atoms with Crippen LogP contribution in [0.25, 0.3) is 0 Å². The third-order valence-corrected chi connectivity index (χ3v) is 3.60. The smallest absolute Gasteiger partial charge is 0.306 e. The topological polar surface area (TPSA) is 101 Å². The van der Waals surface area contributed by atoms with Crippen LogP contribution in [-0.2, 0) is 18.8 Å². The Balaban J connectivity index is 3.91. The zero-order valence-corrected chi connectivity index (χ0v) is 11.1. The molecule has 0 bridgehead atoms. The Hall–Kier alpha value is -1.47. The lowest BCUT2D eigenvalue weighted by atomic mass is 10.2. The number of aliphatic carboxylic acids is 2. The molecule has 0 spiro atoms. The van der Waals surface area contributed by atoms with E-state index in [9.17, 15) is 14.4 Å². The second-order valence-corrected chi connectivity index (χ2v) is 5.39. The molecular formula is C10H16O6Si. The fraction of sp³-hybridized carbons (Fsp3) is 0.500. The van der Waals surface area contributed by atoms with E-state index in [2.05, 4.69) is 6.58 Å². The molecule has 0 aliphatic carbocycles. The van der Waals surface area contributed by atoms with Crippen LogP contribution >= 0.6 is 0 Å². The van der Waals surface area contributed by atoms with Gasteiger partial charge in [-0.05, 0) is 12.5 Å². The average Bonchev–Trinajstić information content (AvgIpc) is 2.21. The zero-order valence-electron chi connectivity index (χ0n) is 9.64. The standard InChI is InChI=1S/C10H16O6Si/c1-6(2)7(11)3-4-16-17-8(10(14)15)5-9(12)13/h8H,1,3-5,17H2,2H3,(H,12,13)(H,14,15). The van der Waals surface area contributed by atoms with Crippen LogP contribution in [-0.4, -0.2) is 44.3 Å². The van der Waals surface area contributed by atoms with Crippen LogP contribution in [0.2, 0.25) is 5.54 Å². The summed E-state index contributed by atoms with van der Waals surface area (Å²) in [5, 5.41) is 17.2. The van der Waals surface area contributed by atoms with Crippen LogP contribution in [0.15, 0.2) is 12.2 Å². The predicted octanol–water partition coefficient (Wildman–Crippen LogP) is -0.0301. The largest absolute Gasteiger partial charge is 0.481 e. The minimum Gasteiger partial charge on any atom is -0.481 e. The summed E-state index contributed by atoms with van der Waals surface area (Å²) >= 11 is 0. The molecule has 0 fully saturated rings. The Bertz CT molecular complexity index is 325. The Morgan fingerprint density at radius 3 is 2.35 bits per heavy atom. The first-order chi connectivity index (χ1) is 7.84. The summed E-state index contributed by atoms with van der Waals surface area (Å²) in [6.45, 7) is 5.18. The third kappa shape index (κ3) is 7.42. The van der Waals surface area contributed by atoms with E-state index in [1.807, 2.05) is 0 Å². The number of hydrogen-bond donors (Lipinski definition) is 2. The number of carbonyl (C=O) groups excluding carboxylic acids is 1. The lowest BCUT2D eigenvalue weighted by Crippen LogP contribution is -2.21. The molecule has 2 N–H and O–H groups in total. The number of carbonyl (C=O) groups is 3. The maximum atomic E-state index is 11.1. The second kappa shape index (κ2) is 7.74. The number of carboxylic acid groups (broad SMARTS) is 2. The maximum absolute atomic E-state index is 11.1. The van der Waals surface area contributed by atoms with Crippen molar-refractivity contribution in [1.29, 1.82) is 0 Å². The van der Waals surface area contributed by atoms with Crippen molar-refractivity contribution < 1.29 is 29.0 Å². The van der Waals surface area contributed by atoms with Crippen LogP contribution in [0.3, 0.4) is 0 Å². The van der Waals surface area contributed by atoms with Crippen molar-refractivity contribution in [3.8, 4) is 0 Å². The molecule has 7 heteroatoms. The molecule has 0 aliphatic heterocycles. The highest BCUT2D eigenvalue weighted by molar-refractivity contribution is 6.37. The van der Waals surface area contributed by atoms with Gasteiger partial charge in [-0.1, -0.05) is 6.58 Å². The van der Waals surface area contributed by atoms with Crippen molar-refractivity contribution in [3.05, 3.63) is 12.2 Å². The summed E-state index contributed by atoms with van der Waals surface area (Å²) in [6.07, 6.45) is -0.280. The molecule has 96 valence electrons. The fourth-order valence-electron chi connectivity index (χ4n) is 1.03. The van der Waals surface area contributed by atoms with Crippen LogP contribution in [0.1, 0.15) is 19.8 Å². The van der Waals surface area contributed by atoms with Crippen LogP contribution < -0.4 is 0 Å². The molecule has 0 radical (unpaired) electrons. The molecule has 0 aromatic rings. The second-order valence-electron chi connectivity index (χ2n) is 3.66. The molecule has 0 saturated heterocycles. The summed E-state index contributed by atoms with van der Waals surface area (Å²) in [5.74, 6) is -2.46. The van der Waals surface area contributed by atoms with E-state index in [1.54, 1.807) is 6.92 Å². The van der Waals surface area contributed by atoms with Crippen LogP contribution in [0, 0.1) is 0 Å². The van der Waals surface area contributed by atoms with Crippen molar-refractivity contribution in [2.45, 2.75) is 25.3 Å². The fourth-order valence-corrected chi connectivity index (χ4v) is 2.14. The number of ketones is 1. The van der Waals surface area contributed by atoms with Gasteiger partial charge in [0.25, 0.3) is 0 Å². The molecule has 0 aromatic heterocycles. The van der Waals surface area contributed by atoms with Gasteiger partial charge in [-0.15, -0.1) is 0 Å². The van der Waals surface area contributed by atoms with Gasteiger partial charge in [-0.2, -0.15) is 0 Å². The molecule has 0 amide bonds. The van der Waals surface area contributed by atoms with Crippen molar-refractivity contribution >= 4 is 27.5 Å². The van der Waals surface area contributed by atoms with Gasteiger partial charge < -0.3 is 14.6 Å². The van der Waals surface area contributed by atoms with Gasteiger partial charge in [0.05, 0.1) is 12.0 Å². The highest BCUT2D eigenvalue weighted by Gasteiger charge is 2.22. The van der Waals surface area contributed by atoms with Gasteiger partial charge in [0.2, 0.25) is 0 Å². The molecule has 0 rings (SSSR count). The van der Waals surface area contributed by atoms with Gasteiger partial charge in [0, 0.05) is 13.0 Å². The van der Waals surface area contributed by atoms with Gasteiger partial charge in [0.1, 0.15) is 0 Å². The zero-order chi connectivity index (χ0) is 13.4. The first-order valence-electron chi connectivity index (χ1n) is 5.05. The quantitative estimate of drug-likeness (QED) is 0.343. The summed E-state index contributed by atoms with van der Waals surface area (Å²) in [6, 6.07) is 0. The Morgan fingerprint density at radius 1 is 1.35 bits per heavy atom. The van der Waals surface area contributed by atoms with E-state index in [4.69, 9.17) is 14.6 Å². The molecule has 0 heterocycles.